The van der Waals surface area contributed by atoms with Gasteiger partial charge in [0.2, 0.25) is 5.91 Å². The molecule has 1 aliphatic carbocycles. The molecule has 1 N–H and O–H groups in total. The second-order valence-electron chi connectivity index (χ2n) is 3.93. The van der Waals surface area contributed by atoms with Crippen LogP contribution in [0.25, 0.3) is 0 Å². The van der Waals surface area contributed by atoms with E-state index in [1.54, 1.807) is 0 Å². The minimum absolute atomic E-state index is 0.113. The Labute approximate surface area is 83.5 Å². The van der Waals surface area contributed by atoms with Gasteiger partial charge in [0, 0.05) is 11.6 Å². The Kier molecular flexibility index (Phi) is 2.23. The maximum Gasteiger partial charge on any atom is 0.228 e. The molecular weight excluding hydrogens is 176 g/mol. The van der Waals surface area contributed by atoms with Crippen LogP contribution in [0.5, 0.6) is 0 Å². The molecule has 14 heavy (non-hydrogen) atoms. The summed E-state index contributed by atoms with van der Waals surface area (Å²) < 4.78 is 0. The van der Waals surface area contributed by atoms with E-state index in [0.717, 1.165) is 24.1 Å². The Balaban J connectivity index is 2.11. The molecule has 3 nitrogen and oxygen atoms in total. The van der Waals surface area contributed by atoms with E-state index in [2.05, 4.69) is 10.3 Å². The van der Waals surface area contributed by atoms with Gasteiger partial charge in [0.1, 0.15) is 5.82 Å². The number of rotatable bonds is 2. The molecule has 74 valence electrons. The lowest BCUT2D eigenvalue weighted by atomic mass is 10.2. The van der Waals surface area contributed by atoms with Crippen molar-refractivity contribution in [2.24, 2.45) is 5.92 Å². The molecule has 2 rings (SSSR count). The number of aromatic nitrogens is 1. The average molecular weight is 190 g/mol. The van der Waals surface area contributed by atoms with Gasteiger partial charge in [0.05, 0.1) is 0 Å². The van der Waals surface area contributed by atoms with Crippen LogP contribution in [-0.2, 0) is 4.79 Å². The lowest BCUT2D eigenvalue weighted by Crippen LogP contribution is -2.14. The summed E-state index contributed by atoms with van der Waals surface area (Å²) in [4.78, 5) is 15.7. The van der Waals surface area contributed by atoms with E-state index in [9.17, 15) is 4.79 Å². The van der Waals surface area contributed by atoms with Crippen molar-refractivity contribution in [1.82, 2.24) is 4.98 Å². The first kappa shape index (κ1) is 9.19. The molecule has 0 bridgehead atoms. The Bertz CT molecular complexity index is 349. The maximum absolute atomic E-state index is 11.4. The molecule has 0 spiro atoms. The monoisotopic (exact) mass is 190 g/mol. The molecule has 1 aromatic rings. The Morgan fingerprint density at radius 2 is 2.14 bits per heavy atom. The highest BCUT2D eigenvalue weighted by Gasteiger charge is 2.29. The summed E-state index contributed by atoms with van der Waals surface area (Å²) in [6.07, 6.45) is 2.05. The summed E-state index contributed by atoms with van der Waals surface area (Å²) in [5.41, 5.74) is 2.07. The normalized spacial score (nSPS) is 15.3. The molecule has 1 heterocycles. The lowest BCUT2D eigenvalue weighted by Gasteiger charge is -2.05. The molecule has 0 radical (unpaired) electrons. The third kappa shape index (κ3) is 2.10. The maximum atomic E-state index is 11.4. The molecule has 1 amide bonds. The number of aryl methyl sites for hydroxylation is 2. The van der Waals surface area contributed by atoms with E-state index in [1.807, 2.05) is 26.0 Å². The number of anilines is 1. The summed E-state index contributed by atoms with van der Waals surface area (Å²) in [5, 5.41) is 2.84. The van der Waals surface area contributed by atoms with Crippen LogP contribution in [0.3, 0.4) is 0 Å². The van der Waals surface area contributed by atoms with Gasteiger partial charge in [-0.3, -0.25) is 4.79 Å². The topological polar surface area (TPSA) is 42.0 Å². The fourth-order valence-electron chi connectivity index (χ4n) is 1.48. The fraction of sp³-hybridized carbons (Fsp3) is 0.455. The standard InChI is InChI=1S/C11H14N2O/c1-7-5-8(2)12-10(6-7)13-11(14)9-3-4-9/h5-6,9H,3-4H2,1-2H3,(H,12,13,14). The molecule has 1 fully saturated rings. The molecule has 0 aliphatic heterocycles. The first-order chi connectivity index (χ1) is 6.65. The first-order valence-electron chi connectivity index (χ1n) is 4.91. The van der Waals surface area contributed by atoms with Gasteiger partial charge in [0.15, 0.2) is 0 Å². The second-order valence-corrected chi connectivity index (χ2v) is 3.93. The molecule has 0 unspecified atom stereocenters. The summed E-state index contributed by atoms with van der Waals surface area (Å²) in [6, 6.07) is 3.89. The van der Waals surface area contributed by atoms with Crippen molar-refractivity contribution in [3.8, 4) is 0 Å². The molecule has 3 heteroatoms. The zero-order chi connectivity index (χ0) is 10.1. The molecule has 0 aromatic carbocycles. The predicted molar refractivity (Wildman–Crippen MR) is 55.1 cm³/mol. The molecule has 1 aliphatic rings. The quantitative estimate of drug-likeness (QED) is 0.775. The molecule has 0 saturated heterocycles. The van der Waals surface area contributed by atoms with E-state index >= 15 is 0 Å². The van der Waals surface area contributed by atoms with Crippen molar-refractivity contribution in [2.75, 3.05) is 5.32 Å². The number of amides is 1. The van der Waals surface area contributed by atoms with Crippen LogP contribution in [0.15, 0.2) is 12.1 Å². The van der Waals surface area contributed by atoms with Crippen molar-refractivity contribution in [2.45, 2.75) is 26.7 Å². The number of carbonyl (C=O) groups excluding carboxylic acids is 1. The number of nitrogens with one attached hydrogen (secondary N) is 1. The average Bonchev–Trinajstić information content (AvgIpc) is 2.82. The van der Waals surface area contributed by atoms with Gasteiger partial charge in [-0.2, -0.15) is 0 Å². The van der Waals surface area contributed by atoms with Gasteiger partial charge < -0.3 is 5.32 Å². The highest BCUT2D eigenvalue weighted by molar-refractivity contribution is 5.93. The van der Waals surface area contributed by atoms with Crippen LogP contribution in [0, 0.1) is 19.8 Å². The van der Waals surface area contributed by atoms with E-state index in [0.29, 0.717) is 5.82 Å². The number of hydrogen-bond donors (Lipinski definition) is 1. The summed E-state index contributed by atoms with van der Waals surface area (Å²) >= 11 is 0. The van der Waals surface area contributed by atoms with Gasteiger partial charge >= 0.3 is 0 Å². The third-order valence-corrected chi connectivity index (χ3v) is 2.30. The van der Waals surface area contributed by atoms with Crippen molar-refractivity contribution in [1.29, 1.82) is 0 Å². The van der Waals surface area contributed by atoms with Gasteiger partial charge in [-0.15, -0.1) is 0 Å². The SMILES string of the molecule is Cc1cc(C)nc(NC(=O)C2CC2)c1. The summed E-state index contributed by atoms with van der Waals surface area (Å²) in [6.45, 7) is 3.93. The Hall–Kier alpha value is -1.38. The number of carbonyl (C=O) groups is 1. The van der Waals surface area contributed by atoms with Crippen molar-refractivity contribution in [3.05, 3.63) is 23.4 Å². The fourth-order valence-corrected chi connectivity index (χ4v) is 1.48. The molecule has 1 saturated carbocycles. The summed E-state index contributed by atoms with van der Waals surface area (Å²) in [7, 11) is 0. The minimum atomic E-state index is 0.113. The van der Waals surface area contributed by atoms with Gasteiger partial charge in [-0.1, -0.05) is 0 Å². The molecular formula is C11H14N2O. The predicted octanol–water partition coefficient (Wildman–Crippen LogP) is 2.05. The van der Waals surface area contributed by atoms with Gasteiger partial charge in [-0.25, -0.2) is 4.98 Å². The third-order valence-electron chi connectivity index (χ3n) is 2.30. The van der Waals surface area contributed by atoms with Crippen LogP contribution in [0.2, 0.25) is 0 Å². The highest BCUT2D eigenvalue weighted by Crippen LogP contribution is 2.29. The second kappa shape index (κ2) is 3.40. The Morgan fingerprint density at radius 3 is 2.71 bits per heavy atom. The molecule has 1 aromatic heterocycles. The van der Waals surface area contributed by atoms with E-state index in [4.69, 9.17) is 0 Å². The van der Waals surface area contributed by atoms with Crippen LogP contribution in [0.4, 0.5) is 5.82 Å². The van der Waals surface area contributed by atoms with Crippen LogP contribution in [0.1, 0.15) is 24.1 Å². The van der Waals surface area contributed by atoms with Crippen LogP contribution in [-0.4, -0.2) is 10.9 Å². The van der Waals surface area contributed by atoms with Gasteiger partial charge in [-0.05, 0) is 44.4 Å². The van der Waals surface area contributed by atoms with E-state index in [-0.39, 0.29) is 11.8 Å². The van der Waals surface area contributed by atoms with Crippen molar-refractivity contribution >= 4 is 11.7 Å². The van der Waals surface area contributed by atoms with Crippen molar-refractivity contribution in [3.63, 3.8) is 0 Å². The minimum Gasteiger partial charge on any atom is -0.310 e. The smallest absolute Gasteiger partial charge is 0.228 e. The number of nitrogens with zero attached hydrogens (tertiary/aromatic N) is 1. The van der Waals surface area contributed by atoms with Crippen molar-refractivity contribution < 1.29 is 4.79 Å². The largest absolute Gasteiger partial charge is 0.310 e. The van der Waals surface area contributed by atoms with E-state index < -0.39 is 0 Å². The molecule has 0 atom stereocenters. The van der Waals surface area contributed by atoms with E-state index in [1.165, 1.54) is 0 Å². The Morgan fingerprint density at radius 1 is 1.43 bits per heavy atom. The van der Waals surface area contributed by atoms with Gasteiger partial charge in [0.25, 0.3) is 0 Å². The zero-order valence-corrected chi connectivity index (χ0v) is 8.50. The highest BCUT2D eigenvalue weighted by atomic mass is 16.2. The van der Waals surface area contributed by atoms with Crippen LogP contribution < -0.4 is 5.32 Å². The first-order valence-corrected chi connectivity index (χ1v) is 4.91. The van der Waals surface area contributed by atoms with Crippen LogP contribution >= 0.6 is 0 Å². The number of pyridine rings is 1. The summed E-state index contributed by atoms with van der Waals surface area (Å²) in [5.74, 6) is 1.03. The zero-order valence-electron chi connectivity index (χ0n) is 8.50. The lowest BCUT2D eigenvalue weighted by molar-refractivity contribution is -0.117. The number of hydrogen-bond acceptors (Lipinski definition) is 2.